The van der Waals surface area contributed by atoms with Crippen LogP contribution in [0.25, 0.3) is 0 Å². The Morgan fingerprint density at radius 3 is 3.06 bits per heavy atom. The average molecular weight is 241 g/mol. The van der Waals surface area contributed by atoms with Crippen LogP contribution in [0.5, 0.6) is 0 Å². The van der Waals surface area contributed by atoms with Crippen molar-refractivity contribution in [2.24, 2.45) is 5.73 Å². The predicted molar refractivity (Wildman–Crippen MR) is 60.7 cm³/mol. The van der Waals surface area contributed by atoms with E-state index in [1.165, 1.54) is 0 Å². The summed E-state index contributed by atoms with van der Waals surface area (Å²) in [6.07, 6.45) is 1.49. The lowest BCUT2D eigenvalue weighted by atomic mass is 9.73. The average Bonchev–Trinajstić information content (AvgIpc) is 2.55. The smallest absolute Gasteiger partial charge is 0.496 e. The molecule has 16 heavy (non-hydrogen) atoms. The van der Waals surface area contributed by atoms with Gasteiger partial charge in [-0.3, -0.25) is 0 Å². The van der Waals surface area contributed by atoms with E-state index in [4.69, 9.17) is 31.4 Å². The van der Waals surface area contributed by atoms with E-state index >= 15 is 0 Å². The van der Waals surface area contributed by atoms with Crippen LogP contribution in [0, 0.1) is 0 Å². The second-order valence-corrected chi connectivity index (χ2v) is 4.52. The van der Waals surface area contributed by atoms with Crippen LogP contribution in [0.2, 0.25) is 0 Å². The van der Waals surface area contributed by atoms with Crippen LogP contribution in [0.1, 0.15) is 12.8 Å². The van der Waals surface area contributed by atoms with Crippen molar-refractivity contribution in [2.75, 3.05) is 19.8 Å². The number of hydrogen-bond donors (Lipinski definition) is 1. The molecule has 0 aromatic rings. The van der Waals surface area contributed by atoms with Crippen molar-refractivity contribution < 1.29 is 14.0 Å². The summed E-state index contributed by atoms with van der Waals surface area (Å²) in [5.74, 6) is 0.970. The van der Waals surface area contributed by atoms with Gasteiger partial charge in [-0.2, -0.15) is 0 Å². The molecule has 2 heterocycles. The summed E-state index contributed by atoms with van der Waals surface area (Å²) in [7, 11) is -0.338. The van der Waals surface area contributed by atoms with Crippen LogP contribution >= 0.6 is 11.6 Å². The number of ether oxygens (including phenoxy) is 1. The van der Waals surface area contributed by atoms with Crippen LogP contribution < -0.4 is 5.73 Å². The van der Waals surface area contributed by atoms with Crippen LogP contribution in [-0.4, -0.2) is 33.0 Å². The van der Waals surface area contributed by atoms with Crippen LogP contribution in [0.4, 0.5) is 0 Å². The molecule has 1 aliphatic carbocycles. The Morgan fingerprint density at radius 1 is 1.38 bits per heavy atom. The Bertz CT molecular complexity index is 382. The number of rotatable bonds is 1. The molecule has 86 valence electrons. The monoisotopic (exact) mass is 241 g/mol. The topological polar surface area (TPSA) is 53.7 Å². The second-order valence-electron chi connectivity index (χ2n) is 4.07. The highest BCUT2D eigenvalue weighted by molar-refractivity contribution is 6.57. The van der Waals surface area contributed by atoms with Gasteiger partial charge < -0.3 is 19.8 Å². The lowest BCUT2D eigenvalue weighted by Gasteiger charge is -2.20. The molecular weight excluding hydrogens is 228 g/mol. The predicted octanol–water partition coefficient (Wildman–Crippen LogP) is 0.959. The maximum Gasteiger partial charge on any atom is 0.498 e. The fourth-order valence-corrected chi connectivity index (χ4v) is 2.76. The first kappa shape index (κ1) is 10.7. The molecule has 0 aromatic carbocycles. The lowest BCUT2D eigenvalue weighted by molar-refractivity contribution is 0.131. The van der Waals surface area contributed by atoms with Crippen molar-refractivity contribution in [3.05, 3.63) is 21.8 Å². The van der Waals surface area contributed by atoms with E-state index < -0.39 is 0 Å². The van der Waals surface area contributed by atoms with Gasteiger partial charge in [0.05, 0.1) is 18.5 Å². The maximum absolute atomic E-state index is 6.25. The molecule has 1 saturated heterocycles. The van der Waals surface area contributed by atoms with Gasteiger partial charge in [-0.25, -0.2) is 0 Å². The Balaban J connectivity index is 2.08. The van der Waals surface area contributed by atoms with Crippen molar-refractivity contribution in [3.63, 3.8) is 0 Å². The zero-order chi connectivity index (χ0) is 11.1. The first-order chi connectivity index (χ1) is 7.81. The molecule has 4 nitrogen and oxygen atoms in total. The summed E-state index contributed by atoms with van der Waals surface area (Å²) in [6, 6.07) is 0. The quantitative estimate of drug-likeness (QED) is 0.695. The highest BCUT2D eigenvalue weighted by Crippen LogP contribution is 2.42. The van der Waals surface area contributed by atoms with E-state index in [0.29, 0.717) is 19.8 Å². The minimum atomic E-state index is -0.338. The molecule has 2 N–H and O–H groups in total. The minimum absolute atomic E-state index is 0.149. The van der Waals surface area contributed by atoms with Gasteiger partial charge in [0.1, 0.15) is 6.61 Å². The second kappa shape index (κ2) is 4.07. The molecule has 0 radical (unpaired) electrons. The maximum atomic E-state index is 6.25. The van der Waals surface area contributed by atoms with Crippen molar-refractivity contribution in [1.29, 1.82) is 0 Å². The highest BCUT2D eigenvalue weighted by atomic mass is 35.5. The van der Waals surface area contributed by atoms with Crippen LogP contribution in [-0.2, 0) is 14.0 Å². The third-order valence-corrected chi connectivity index (χ3v) is 3.54. The molecule has 0 saturated carbocycles. The molecule has 1 atom stereocenters. The molecule has 3 aliphatic rings. The summed E-state index contributed by atoms with van der Waals surface area (Å²) < 4.78 is 17.0. The molecule has 3 rings (SSSR count). The van der Waals surface area contributed by atoms with E-state index in [1.54, 1.807) is 0 Å². The third-order valence-electron chi connectivity index (χ3n) is 3.14. The normalized spacial score (nSPS) is 29.1. The van der Waals surface area contributed by atoms with Gasteiger partial charge >= 0.3 is 7.12 Å². The van der Waals surface area contributed by atoms with Gasteiger partial charge in [-0.1, -0.05) is 11.6 Å². The summed E-state index contributed by atoms with van der Waals surface area (Å²) in [5, 5.41) is 0.839. The molecular formula is C10H13BClNO3. The van der Waals surface area contributed by atoms with Crippen molar-refractivity contribution >= 4 is 18.7 Å². The molecule has 0 bridgehead atoms. The Hall–Kier alpha value is -0.485. The third kappa shape index (κ3) is 1.50. The highest BCUT2D eigenvalue weighted by Gasteiger charge is 2.46. The summed E-state index contributed by atoms with van der Waals surface area (Å²) in [5.41, 5.74) is 7.68. The minimum Gasteiger partial charge on any atom is -0.496 e. The fraction of sp³-hybridized carbons (Fsp3) is 0.600. The van der Waals surface area contributed by atoms with Crippen molar-refractivity contribution in [3.8, 4) is 0 Å². The van der Waals surface area contributed by atoms with Gasteiger partial charge in [0.15, 0.2) is 0 Å². The van der Waals surface area contributed by atoms with E-state index in [0.717, 1.165) is 34.7 Å². The number of halogens is 1. The summed E-state index contributed by atoms with van der Waals surface area (Å²) in [4.78, 5) is 0. The van der Waals surface area contributed by atoms with E-state index in [1.807, 2.05) is 0 Å². The Morgan fingerprint density at radius 2 is 2.25 bits per heavy atom. The molecule has 0 spiro atoms. The SMILES string of the molecule is NC[C@H]1OB2OCCOC3=C2C1=C(Cl)CC3. The lowest BCUT2D eigenvalue weighted by Crippen LogP contribution is -2.25. The zero-order valence-corrected chi connectivity index (χ0v) is 9.63. The van der Waals surface area contributed by atoms with Gasteiger partial charge in [0, 0.05) is 23.5 Å². The first-order valence-electron chi connectivity index (χ1n) is 5.53. The molecule has 1 fully saturated rings. The van der Waals surface area contributed by atoms with Crippen molar-refractivity contribution in [1.82, 2.24) is 0 Å². The zero-order valence-electron chi connectivity index (χ0n) is 8.87. The van der Waals surface area contributed by atoms with E-state index in [-0.39, 0.29) is 13.2 Å². The van der Waals surface area contributed by atoms with Crippen molar-refractivity contribution in [2.45, 2.75) is 18.9 Å². The molecule has 0 unspecified atom stereocenters. The van der Waals surface area contributed by atoms with Gasteiger partial charge in [-0.15, -0.1) is 0 Å². The first-order valence-corrected chi connectivity index (χ1v) is 5.91. The summed E-state index contributed by atoms with van der Waals surface area (Å²) >= 11 is 6.25. The number of allylic oxidation sites excluding steroid dienone is 2. The largest absolute Gasteiger partial charge is 0.498 e. The number of hydrogen-bond acceptors (Lipinski definition) is 4. The van der Waals surface area contributed by atoms with E-state index in [9.17, 15) is 0 Å². The number of nitrogens with two attached hydrogens (primary N) is 1. The van der Waals surface area contributed by atoms with E-state index in [2.05, 4.69) is 0 Å². The molecule has 2 aliphatic heterocycles. The van der Waals surface area contributed by atoms with Gasteiger partial charge in [-0.05, 0) is 12.0 Å². The Labute approximate surface area is 99.5 Å². The standard InChI is InChI=1S/C10H13BClNO3/c12-6-1-2-7-10-9(6)8(5-13)16-11(10)15-4-3-14-7/h8H,1-5,13H2/t8-/m1/s1. The summed E-state index contributed by atoms with van der Waals surface area (Å²) in [6.45, 7) is 1.54. The fourth-order valence-electron chi connectivity index (χ4n) is 2.45. The molecule has 6 heteroatoms. The molecule has 0 amide bonds. The van der Waals surface area contributed by atoms with Crippen LogP contribution in [0.15, 0.2) is 21.8 Å². The van der Waals surface area contributed by atoms with Gasteiger partial charge in [0.2, 0.25) is 0 Å². The Kier molecular flexibility index (Phi) is 2.71. The molecule has 0 aromatic heterocycles. The van der Waals surface area contributed by atoms with Crippen LogP contribution in [0.3, 0.4) is 0 Å². The van der Waals surface area contributed by atoms with Gasteiger partial charge in [0.25, 0.3) is 0 Å².